The third-order valence-electron chi connectivity index (χ3n) is 1.81. The first-order chi connectivity index (χ1) is 6.94. The summed E-state index contributed by atoms with van der Waals surface area (Å²) in [6.07, 6.45) is 2.49. The maximum atomic E-state index is 9.66. The fourth-order valence-electron chi connectivity index (χ4n) is 1.19. The molecule has 4 heteroatoms. The second-order valence-electron chi connectivity index (χ2n) is 4.38. The molecule has 1 rings (SSSR count). The Kier molecular flexibility index (Phi) is 3.66. The molecule has 0 aliphatic rings. The van der Waals surface area contributed by atoms with Gasteiger partial charge in [0.05, 0.1) is 6.10 Å². The molecule has 0 aromatic carbocycles. The van der Waals surface area contributed by atoms with Crippen molar-refractivity contribution in [1.29, 1.82) is 0 Å². The molecule has 0 aliphatic carbocycles. The van der Waals surface area contributed by atoms with Gasteiger partial charge in [0, 0.05) is 24.5 Å². The molecular formula is C11H18N2O2. The zero-order chi connectivity index (χ0) is 11.5. The molecule has 1 aromatic heterocycles. The van der Waals surface area contributed by atoms with Crippen molar-refractivity contribution in [2.45, 2.75) is 32.5 Å². The first-order valence-corrected chi connectivity index (χ1v) is 4.95. The van der Waals surface area contributed by atoms with Crippen molar-refractivity contribution in [2.75, 3.05) is 6.54 Å². The van der Waals surface area contributed by atoms with Crippen molar-refractivity contribution in [3.63, 3.8) is 0 Å². The van der Waals surface area contributed by atoms with Crippen LogP contribution in [0.15, 0.2) is 18.5 Å². The molecule has 1 atom stereocenters. The molecule has 1 heterocycles. The van der Waals surface area contributed by atoms with Gasteiger partial charge in [0.25, 0.3) is 0 Å². The lowest BCUT2D eigenvalue weighted by atomic mass is 10.1. The van der Waals surface area contributed by atoms with Crippen LogP contribution in [0.5, 0.6) is 5.75 Å². The van der Waals surface area contributed by atoms with E-state index in [2.05, 4.69) is 4.98 Å². The summed E-state index contributed by atoms with van der Waals surface area (Å²) in [6.45, 7) is 6.01. The highest BCUT2D eigenvalue weighted by molar-refractivity contribution is 5.32. The molecule has 0 spiro atoms. The number of nitrogens with zero attached hydrogens (tertiary/aromatic N) is 1. The highest BCUT2D eigenvalue weighted by atomic mass is 16.5. The number of nitrogens with two attached hydrogens (primary N) is 1. The molecule has 84 valence electrons. The summed E-state index contributed by atoms with van der Waals surface area (Å²) in [5, 5.41) is 9.66. The maximum absolute atomic E-state index is 9.66. The van der Waals surface area contributed by atoms with Gasteiger partial charge in [-0.3, -0.25) is 4.98 Å². The molecule has 1 aromatic rings. The van der Waals surface area contributed by atoms with Crippen molar-refractivity contribution >= 4 is 0 Å². The Bertz CT molecular complexity index is 321. The maximum Gasteiger partial charge on any atom is 0.129 e. The topological polar surface area (TPSA) is 68.4 Å². The van der Waals surface area contributed by atoms with Gasteiger partial charge in [-0.05, 0) is 26.8 Å². The molecule has 0 fully saturated rings. The molecule has 4 nitrogen and oxygen atoms in total. The van der Waals surface area contributed by atoms with Crippen LogP contribution in [-0.2, 0) is 0 Å². The van der Waals surface area contributed by atoms with Gasteiger partial charge in [0.1, 0.15) is 11.4 Å². The van der Waals surface area contributed by atoms with Crippen LogP contribution in [0.1, 0.15) is 32.4 Å². The van der Waals surface area contributed by atoms with Gasteiger partial charge in [0.15, 0.2) is 0 Å². The predicted molar refractivity (Wildman–Crippen MR) is 58.6 cm³/mol. The van der Waals surface area contributed by atoms with Gasteiger partial charge in [-0.2, -0.15) is 0 Å². The molecule has 0 saturated carbocycles. The Morgan fingerprint density at radius 2 is 2.20 bits per heavy atom. The summed E-state index contributed by atoms with van der Waals surface area (Å²) < 4.78 is 5.70. The predicted octanol–water partition coefficient (Wildman–Crippen LogP) is 1.25. The monoisotopic (exact) mass is 210 g/mol. The van der Waals surface area contributed by atoms with E-state index in [1.807, 2.05) is 20.8 Å². The van der Waals surface area contributed by atoms with Crippen molar-refractivity contribution in [2.24, 2.45) is 5.73 Å². The molecule has 0 aliphatic heterocycles. The summed E-state index contributed by atoms with van der Waals surface area (Å²) in [5.74, 6) is 0.635. The number of ether oxygens (including phenoxy) is 1. The van der Waals surface area contributed by atoms with Crippen LogP contribution in [-0.4, -0.2) is 22.2 Å². The summed E-state index contributed by atoms with van der Waals surface area (Å²) in [5.41, 5.74) is 5.74. The first-order valence-electron chi connectivity index (χ1n) is 4.95. The minimum absolute atomic E-state index is 0.159. The van der Waals surface area contributed by atoms with Gasteiger partial charge in [-0.15, -0.1) is 0 Å². The van der Waals surface area contributed by atoms with E-state index in [4.69, 9.17) is 10.5 Å². The Morgan fingerprint density at radius 3 is 2.73 bits per heavy atom. The summed E-state index contributed by atoms with van der Waals surface area (Å²) in [6, 6.07) is 1.74. The van der Waals surface area contributed by atoms with E-state index in [1.54, 1.807) is 18.5 Å². The average Bonchev–Trinajstić information content (AvgIpc) is 2.15. The highest BCUT2D eigenvalue weighted by Crippen LogP contribution is 2.26. The molecule has 0 amide bonds. The minimum atomic E-state index is -0.726. The number of rotatable bonds is 3. The number of aromatic nitrogens is 1. The van der Waals surface area contributed by atoms with E-state index in [0.717, 1.165) is 0 Å². The van der Waals surface area contributed by atoms with Crippen LogP contribution in [0.25, 0.3) is 0 Å². The van der Waals surface area contributed by atoms with E-state index in [-0.39, 0.29) is 12.1 Å². The molecule has 1 unspecified atom stereocenters. The molecule has 15 heavy (non-hydrogen) atoms. The number of hydrogen-bond acceptors (Lipinski definition) is 4. The van der Waals surface area contributed by atoms with Crippen molar-refractivity contribution in [3.05, 3.63) is 24.0 Å². The van der Waals surface area contributed by atoms with Crippen LogP contribution in [0.4, 0.5) is 0 Å². The Morgan fingerprint density at radius 1 is 1.53 bits per heavy atom. The Labute approximate surface area is 90.1 Å². The second kappa shape index (κ2) is 4.59. The van der Waals surface area contributed by atoms with Crippen LogP contribution >= 0.6 is 0 Å². The van der Waals surface area contributed by atoms with Gasteiger partial charge in [-0.25, -0.2) is 0 Å². The average molecular weight is 210 g/mol. The summed E-state index contributed by atoms with van der Waals surface area (Å²) in [7, 11) is 0. The normalized spacial score (nSPS) is 13.7. The number of hydrogen-bond donors (Lipinski definition) is 2. The van der Waals surface area contributed by atoms with E-state index in [9.17, 15) is 5.11 Å². The van der Waals surface area contributed by atoms with Gasteiger partial charge in [0.2, 0.25) is 0 Å². The molecule has 0 saturated heterocycles. The Hall–Kier alpha value is -1.13. The van der Waals surface area contributed by atoms with E-state index < -0.39 is 6.10 Å². The largest absolute Gasteiger partial charge is 0.488 e. The molecule has 3 N–H and O–H groups in total. The van der Waals surface area contributed by atoms with Crippen molar-refractivity contribution in [3.8, 4) is 5.75 Å². The fourth-order valence-corrected chi connectivity index (χ4v) is 1.19. The minimum Gasteiger partial charge on any atom is -0.488 e. The molecule has 0 radical (unpaired) electrons. The standard InChI is InChI=1S/C11H18N2O2/c1-11(2,3)15-10-4-5-13-7-8(10)9(14)6-12/h4-5,7,9,14H,6,12H2,1-3H3. The lowest BCUT2D eigenvalue weighted by Crippen LogP contribution is -2.24. The van der Waals surface area contributed by atoms with E-state index in [1.165, 1.54) is 0 Å². The third-order valence-corrected chi connectivity index (χ3v) is 1.81. The SMILES string of the molecule is CC(C)(C)Oc1ccncc1C(O)CN. The van der Waals surface area contributed by atoms with Gasteiger partial charge < -0.3 is 15.6 Å². The van der Waals surface area contributed by atoms with Gasteiger partial charge >= 0.3 is 0 Å². The van der Waals surface area contributed by atoms with Crippen LogP contribution < -0.4 is 10.5 Å². The molecular weight excluding hydrogens is 192 g/mol. The molecule has 0 bridgehead atoms. The fraction of sp³-hybridized carbons (Fsp3) is 0.545. The summed E-state index contributed by atoms with van der Waals surface area (Å²) in [4.78, 5) is 3.95. The number of aliphatic hydroxyl groups excluding tert-OH is 1. The zero-order valence-electron chi connectivity index (χ0n) is 9.40. The van der Waals surface area contributed by atoms with Crippen molar-refractivity contribution < 1.29 is 9.84 Å². The van der Waals surface area contributed by atoms with E-state index in [0.29, 0.717) is 11.3 Å². The highest BCUT2D eigenvalue weighted by Gasteiger charge is 2.17. The van der Waals surface area contributed by atoms with Gasteiger partial charge in [-0.1, -0.05) is 0 Å². The Balaban J connectivity index is 2.96. The lowest BCUT2D eigenvalue weighted by Gasteiger charge is -2.24. The quantitative estimate of drug-likeness (QED) is 0.788. The second-order valence-corrected chi connectivity index (χ2v) is 4.38. The lowest BCUT2D eigenvalue weighted by molar-refractivity contribution is 0.119. The number of pyridine rings is 1. The van der Waals surface area contributed by atoms with Crippen LogP contribution in [0, 0.1) is 0 Å². The zero-order valence-corrected chi connectivity index (χ0v) is 9.40. The first kappa shape index (κ1) is 11.9. The van der Waals surface area contributed by atoms with Crippen LogP contribution in [0.2, 0.25) is 0 Å². The third kappa shape index (κ3) is 3.49. The van der Waals surface area contributed by atoms with Crippen molar-refractivity contribution in [1.82, 2.24) is 4.98 Å². The van der Waals surface area contributed by atoms with Crippen LogP contribution in [0.3, 0.4) is 0 Å². The smallest absolute Gasteiger partial charge is 0.129 e. The summed E-state index contributed by atoms with van der Waals surface area (Å²) >= 11 is 0. The number of aliphatic hydroxyl groups is 1. The van der Waals surface area contributed by atoms with E-state index >= 15 is 0 Å².